The van der Waals surface area contributed by atoms with Gasteiger partial charge in [0.2, 0.25) is 0 Å². The number of aliphatic hydroxyl groups excluding tert-OH is 2. The minimum absolute atomic E-state index is 0.0451. The SMILES string of the molecule is COCO[C@@H]([C@@H](C)/C=C\[C@@H](O)CC1OC(=O)[C@H](C)[C@@H](O)[C@H]1C)[C@@H](C)/C=C(/C)I. The van der Waals surface area contributed by atoms with Crippen molar-refractivity contribution in [1.29, 1.82) is 0 Å². The fourth-order valence-corrected chi connectivity index (χ4v) is 4.12. The number of aliphatic hydroxyl groups is 2. The third-order valence-electron chi connectivity index (χ3n) is 5.29. The zero-order valence-electron chi connectivity index (χ0n) is 17.7. The van der Waals surface area contributed by atoms with E-state index in [2.05, 4.69) is 35.6 Å². The predicted molar refractivity (Wildman–Crippen MR) is 117 cm³/mol. The Hall–Kier alpha value is -0.480. The number of cyclic esters (lactones) is 1. The van der Waals surface area contributed by atoms with Gasteiger partial charge in [-0.05, 0) is 40.0 Å². The number of carbonyl (C=O) groups excluding carboxylic acids is 1. The highest BCUT2D eigenvalue weighted by molar-refractivity contribution is 14.1. The highest BCUT2D eigenvalue weighted by Gasteiger charge is 2.40. The molecule has 2 N–H and O–H groups in total. The van der Waals surface area contributed by atoms with Gasteiger partial charge < -0.3 is 24.4 Å². The van der Waals surface area contributed by atoms with Crippen molar-refractivity contribution in [1.82, 2.24) is 0 Å². The number of hydrogen-bond donors (Lipinski definition) is 2. The summed E-state index contributed by atoms with van der Waals surface area (Å²) in [4.78, 5) is 11.8. The van der Waals surface area contributed by atoms with E-state index in [4.69, 9.17) is 14.2 Å². The van der Waals surface area contributed by atoms with E-state index in [1.54, 1.807) is 20.1 Å². The number of rotatable bonds is 10. The van der Waals surface area contributed by atoms with Crippen LogP contribution in [0.1, 0.15) is 41.0 Å². The summed E-state index contributed by atoms with van der Waals surface area (Å²) in [6.07, 6.45) is 3.91. The Kier molecular flexibility index (Phi) is 11.2. The molecule has 1 fully saturated rings. The number of esters is 1. The quantitative estimate of drug-likeness (QED) is 0.203. The van der Waals surface area contributed by atoms with Crippen LogP contribution in [-0.4, -0.2) is 54.5 Å². The Balaban J connectivity index is 2.72. The van der Waals surface area contributed by atoms with Crippen molar-refractivity contribution in [2.24, 2.45) is 23.7 Å². The lowest BCUT2D eigenvalue weighted by molar-refractivity contribution is -0.179. The molecule has 0 amide bonds. The van der Waals surface area contributed by atoms with Gasteiger partial charge in [0, 0.05) is 31.3 Å². The number of methoxy groups -OCH3 is 1. The fourth-order valence-electron chi connectivity index (χ4n) is 3.56. The molecule has 1 unspecified atom stereocenters. The fraction of sp³-hybridized carbons (Fsp3) is 0.762. The Morgan fingerprint density at radius 3 is 2.50 bits per heavy atom. The van der Waals surface area contributed by atoms with Gasteiger partial charge in [0.05, 0.1) is 24.2 Å². The molecule has 0 saturated carbocycles. The smallest absolute Gasteiger partial charge is 0.311 e. The maximum absolute atomic E-state index is 11.8. The Labute approximate surface area is 182 Å². The van der Waals surface area contributed by atoms with Crippen LogP contribution in [0.15, 0.2) is 21.8 Å². The molecule has 28 heavy (non-hydrogen) atoms. The van der Waals surface area contributed by atoms with Crippen LogP contribution >= 0.6 is 22.6 Å². The molecule has 0 spiro atoms. The second kappa shape index (κ2) is 12.3. The number of ether oxygens (including phenoxy) is 3. The molecular formula is C21H35IO6. The van der Waals surface area contributed by atoms with Crippen molar-refractivity contribution in [2.75, 3.05) is 13.9 Å². The van der Waals surface area contributed by atoms with Crippen LogP contribution in [0, 0.1) is 23.7 Å². The first-order valence-corrected chi connectivity index (χ1v) is 10.9. The molecular weight excluding hydrogens is 475 g/mol. The van der Waals surface area contributed by atoms with Gasteiger partial charge in [-0.3, -0.25) is 4.79 Å². The standard InChI is InChI=1S/C21H35IO6/c1-12(20(27-11-26-6)13(2)9-14(3)22)7-8-17(23)10-18-15(4)19(24)16(5)21(25)28-18/h7-9,12-13,15-20,23-24H,10-11H2,1-6H3/b8-7-,14-9-/t12-,13-,15-,16+,17+,18?,19-,20-/m0/s1. The molecule has 1 heterocycles. The summed E-state index contributed by atoms with van der Waals surface area (Å²) in [5, 5.41) is 20.6. The lowest BCUT2D eigenvalue weighted by atomic mass is 9.84. The van der Waals surface area contributed by atoms with Gasteiger partial charge in [0.1, 0.15) is 12.9 Å². The van der Waals surface area contributed by atoms with E-state index >= 15 is 0 Å². The Morgan fingerprint density at radius 1 is 1.29 bits per heavy atom. The van der Waals surface area contributed by atoms with Gasteiger partial charge in [0.25, 0.3) is 0 Å². The number of hydrogen-bond acceptors (Lipinski definition) is 6. The van der Waals surface area contributed by atoms with E-state index < -0.39 is 30.2 Å². The molecule has 0 aromatic carbocycles. The van der Waals surface area contributed by atoms with Crippen molar-refractivity contribution in [3.05, 3.63) is 21.8 Å². The van der Waals surface area contributed by atoms with Crippen LogP contribution in [0.25, 0.3) is 0 Å². The average molecular weight is 510 g/mol. The first kappa shape index (κ1) is 25.6. The summed E-state index contributed by atoms with van der Waals surface area (Å²) in [6.45, 7) is 9.86. The van der Waals surface area contributed by atoms with E-state index in [1.165, 1.54) is 3.58 Å². The normalized spacial score (nSPS) is 30.8. The number of carbonyl (C=O) groups is 1. The number of halogens is 1. The van der Waals surface area contributed by atoms with Gasteiger partial charge in [0.15, 0.2) is 0 Å². The minimum Gasteiger partial charge on any atom is -0.462 e. The summed E-state index contributed by atoms with van der Waals surface area (Å²) >= 11 is 2.28. The third kappa shape index (κ3) is 7.74. The van der Waals surface area contributed by atoms with E-state index in [9.17, 15) is 15.0 Å². The van der Waals surface area contributed by atoms with E-state index in [1.807, 2.05) is 26.8 Å². The van der Waals surface area contributed by atoms with Gasteiger partial charge in [-0.2, -0.15) is 0 Å². The summed E-state index contributed by atoms with van der Waals surface area (Å²) < 4.78 is 17.5. The second-order valence-electron chi connectivity index (χ2n) is 7.81. The van der Waals surface area contributed by atoms with E-state index in [-0.39, 0.29) is 37.1 Å². The highest BCUT2D eigenvalue weighted by Crippen LogP contribution is 2.29. The summed E-state index contributed by atoms with van der Waals surface area (Å²) in [7, 11) is 1.59. The van der Waals surface area contributed by atoms with Crippen molar-refractivity contribution < 1.29 is 29.2 Å². The molecule has 162 valence electrons. The monoisotopic (exact) mass is 510 g/mol. The van der Waals surface area contributed by atoms with Crippen molar-refractivity contribution in [3.63, 3.8) is 0 Å². The molecule has 0 aromatic rings. The van der Waals surface area contributed by atoms with Gasteiger partial charge >= 0.3 is 5.97 Å². The first-order chi connectivity index (χ1) is 13.1. The van der Waals surface area contributed by atoms with Crippen molar-refractivity contribution >= 4 is 28.6 Å². The van der Waals surface area contributed by atoms with E-state index in [0.29, 0.717) is 0 Å². The highest BCUT2D eigenvalue weighted by atomic mass is 127. The molecule has 1 rings (SSSR count). The van der Waals surface area contributed by atoms with Crippen LogP contribution < -0.4 is 0 Å². The maximum Gasteiger partial charge on any atom is 0.311 e. The molecule has 1 aliphatic heterocycles. The molecule has 0 aliphatic carbocycles. The molecule has 0 aromatic heterocycles. The molecule has 6 nitrogen and oxygen atoms in total. The van der Waals surface area contributed by atoms with Gasteiger partial charge in [-0.15, -0.1) is 0 Å². The lowest BCUT2D eigenvalue weighted by Gasteiger charge is -2.36. The molecule has 1 aliphatic rings. The third-order valence-corrected chi connectivity index (χ3v) is 5.65. The largest absolute Gasteiger partial charge is 0.462 e. The summed E-state index contributed by atoms with van der Waals surface area (Å²) in [5.41, 5.74) is 0. The second-order valence-corrected chi connectivity index (χ2v) is 9.51. The molecule has 0 radical (unpaired) electrons. The summed E-state index contributed by atoms with van der Waals surface area (Å²) in [5.74, 6) is -0.942. The van der Waals surface area contributed by atoms with Crippen molar-refractivity contribution in [2.45, 2.75) is 65.5 Å². The lowest BCUT2D eigenvalue weighted by Crippen LogP contribution is -2.47. The topological polar surface area (TPSA) is 85.2 Å². The summed E-state index contributed by atoms with van der Waals surface area (Å²) in [6, 6.07) is 0. The van der Waals surface area contributed by atoms with Crippen LogP contribution in [0.5, 0.6) is 0 Å². The predicted octanol–water partition coefficient (Wildman–Crippen LogP) is 3.45. The Bertz CT molecular complexity index is 545. The molecule has 8 atom stereocenters. The van der Waals surface area contributed by atoms with Gasteiger partial charge in [-0.1, -0.05) is 39.0 Å². The molecule has 0 bridgehead atoms. The maximum atomic E-state index is 11.8. The average Bonchev–Trinajstić information content (AvgIpc) is 2.62. The van der Waals surface area contributed by atoms with Crippen LogP contribution in [-0.2, 0) is 19.0 Å². The van der Waals surface area contributed by atoms with Crippen molar-refractivity contribution in [3.8, 4) is 0 Å². The number of allylic oxidation sites excluding steroid dienone is 1. The molecule has 7 heteroatoms. The van der Waals surface area contributed by atoms with Crippen LogP contribution in [0.2, 0.25) is 0 Å². The zero-order chi connectivity index (χ0) is 21.4. The van der Waals surface area contributed by atoms with Crippen LogP contribution in [0.3, 0.4) is 0 Å². The van der Waals surface area contributed by atoms with Crippen LogP contribution in [0.4, 0.5) is 0 Å². The Morgan fingerprint density at radius 2 is 1.93 bits per heavy atom. The molecule has 1 saturated heterocycles. The minimum atomic E-state index is -0.774. The first-order valence-electron chi connectivity index (χ1n) is 9.77. The van der Waals surface area contributed by atoms with Gasteiger partial charge in [-0.25, -0.2) is 0 Å². The van der Waals surface area contributed by atoms with E-state index in [0.717, 1.165) is 0 Å². The zero-order valence-corrected chi connectivity index (χ0v) is 19.8.